The summed E-state index contributed by atoms with van der Waals surface area (Å²) in [5, 5.41) is 2.65. The van der Waals surface area contributed by atoms with Crippen molar-refractivity contribution >= 4 is 23.0 Å². The number of fused-ring (bicyclic) bond motifs is 1. The van der Waals surface area contributed by atoms with E-state index in [2.05, 4.69) is 15.2 Å². The highest BCUT2D eigenvalue weighted by atomic mass is 16.5. The van der Waals surface area contributed by atoms with Crippen LogP contribution in [0.25, 0.3) is 22.4 Å². The lowest BCUT2D eigenvalue weighted by molar-refractivity contribution is -0.121. The molecule has 1 aliphatic rings. The van der Waals surface area contributed by atoms with Gasteiger partial charge in [0.25, 0.3) is 0 Å². The minimum absolute atomic E-state index is 0.122. The van der Waals surface area contributed by atoms with Crippen molar-refractivity contribution in [3.05, 3.63) is 66.5 Å². The molecule has 1 saturated heterocycles. The maximum atomic E-state index is 12.1. The number of benzene rings is 2. The minimum atomic E-state index is -0.122. The third kappa shape index (κ3) is 4.69. The number of aromatic nitrogens is 4. The molecule has 2 aromatic carbocycles. The predicted octanol–water partition coefficient (Wildman–Crippen LogP) is 2.65. The molecule has 1 N–H and O–H groups in total. The summed E-state index contributed by atoms with van der Waals surface area (Å²) in [4.78, 5) is 28.4. The van der Waals surface area contributed by atoms with Crippen LogP contribution in [-0.4, -0.2) is 58.8 Å². The number of rotatable bonds is 7. The van der Waals surface area contributed by atoms with Crippen LogP contribution in [0.15, 0.2) is 60.9 Å². The van der Waals surface area contributed by atoms with Crippen molar-refractivity contribution in [3.8, 4) is 17.0 Å². The summed E-state index contributed by atoms with van der Waals surface area (Å²) >= 11 is 0. The lowest BCUT2D eigenvalue weighted by Gasteiger charge is -2.27. The maximum Gasteiger partial charge on any atom is 0.239 e. The van der Waals surface area contributed by atoms with Gasteiger partial charge in [0.1, 0.15) is 30.1 Å². The number of imidazole rings is 1. The second-order valence-corrected chi connectivity index (χ2v) is 7.99. The summed E-state index contributed by atoms with van der Waals surface area (Å²) in [6, 6.07) is 17.9. The number of anilines is 1. The zero-order valence-electron chi connectivity index (χ0n) is 19.0. The monoisotopic (exact) mass is 458 g/mol. The molecule has 0 bridgehead atoms. The van der Waals surface area contributed by atoms with Crippen LogP contribution in [0.2, 0.25) is 0 Å². The zero-order valence-corrected chi connectivity index (χ0v) is 19.0. The van der Waals surface area contributed by atoms with Gasteiger partial charge in [-0.05, 0) is 17.7 Å². The largest absolute Gasteiger partial charge is 0.489 e. The average molecular weight is 459 g/mol. The number of amides is 1. The molecule has 0 radical (unpaired) electrons. The molecule has 5 rings (SSSR count). The summed E-state index contributed by atoms with van der Waals surface area (Å²) in [6.45, 7) is 3.26. The number of likely N-dealkylation sites (N-methyl/N-ethyl adjacent to an activating group) is 1. The first-order valence-electron chi connectivity index (χ1n) is 11.2. The van der Waals surface area contributed by atoms with E-state index < -0.39 is 0 Å². The molecule has 174 valence electrons. The Morgan fingerprint density at radius 3 is 2.71 bits per heavy atom. The fourth-order valence-electron chi connectivity index (χ4n) is 3.86. The molecule has 1 fully saturated rings. The van der Waals surface area contributed by atoms with Gasteiger partial charge in [0.2, 0.25) is 11.9 Å². The fourth-order valence-corrected chi connectivity index (χ4v) is 3.86. The number of morpholine rings is 1. The molecule has 1 aliphatic heterocycles. The van der Waals surface area contributed by atoms with Crippen LogP contribution < -0.4 is 15.0 Å². The molecule has 0 aliphatic carbocycles. The second kappa shape index (κ2) is 9.88. The van der Waals surface area contributed by atoms with Crippen molar-refractivity contribution in [2.45, 2.75) is 13.2 Å². The number of nitrogens with zero attached hydrogens (tertiary/aromatic N) is 5. The van der Waals surface area contributed by atoms with Gasteiger partial charge < -0.3 is 24.3 Å². The fraction of sp³-hybridized carbons (Fsp3) is 0.280. The Kier molecular flexibility index (Phi) is 6.35. The smallest absolute Gasteiger partial charge is 0.239 e. The van der Waals surface area contributed by atoms with E-state index in [0.29, 0.717) is 55.7 Å². The molecule has 34 heavy (non-hydrogen) atoms. The Hall–Kier alpha value is -3.98. The number of hydrogen-bond donors (Lipinski definition) is 1. The molecule has 0 spiro atoms. The molecule has 3 heterocycles. The molecular weight excluding hydrogens is 432 g/mol. The van der Waals surface area contributed by atoms with Gasteiger partial charge >= 0.3 is 0 Å². The van der Waals surface area contributed by atoms with Crippen LogP contribution >= 0.6 is 0 Å². The van der Waals surface area contributed by atoms with E-state index in [1.54, 1.807) is 17.9 Å². The van der Waals surface area contributed by atoms with E-state index >= 15 is 0 Å². The third-order valence-electron chi connectivity index (χ3n) is 5.69. The standard InChI is InChI=1S/C25H26N6O3/c1-26-21(32)15-31-17-27-23-22(28-25(29-24(23)31)30-10-12-33-13-11-30)19-8-5-9-20(14-19)34-16-18-6-3-2-4-7-18/h2-9,14,17H,10-13,15-16H2,1H3,(H,26,32). The van der Waals surface area contributed by atoms with Gasteiger partial charge in [-0.15, -0.1) is 0 Å². The van der Waals surface area contributed by atoms with E-state index in [9.17, 15) is 4.79 Å². The summed E-state index contributed by atoms with van der Waals surface area (Å²) < 4.78 is 13.3. The second-order valence-electron chi connectivity index (χ2n) is 7.99. The molecule has 0 unspecified atom stereocenters. The molecular formula is C25H26N6O3. The summed E-state index contributed by atoms with van der Waals surface area (Å²) in [6.07, 6.45) is 1.64. The van der Waals surface area contributed by atoms with Gasteiger partial charge in [0, 0.05) is 25.7 Å². The Labute approximate surface area is 197 Å². The van der Waals surface area contributed by atoms with Gasteiger partial charge in [0.05, 0.1) is 19.5 Å². The van der Waals surface area contributed by atoms with Crippen LogP contribution in [0.1, 0.15) is 5.56 Å². The van der Waals surface area contributed by atoms with Crippen molar-refractivity contribution in [2.75, 3.05) is 38.3 Å². The average Bonchev–Trinajstić information content (AvgIpc) is 3.30. The third-order valence-corrected chi connectivity index (χ3v) is 5.69. The number of carbonyl (C=O) groups is 1. The Balaban J connectivity index is 1.53. The van der Waals surface area contributed by atoms with Crippen LogP contribution in [0.4, 0.5) is 5.95 Å². The van der Waals surface area contributed by atoms with Crippen molar-refractivity contribution in [1.82, 2.24) is 24.8 Å². The van der Waals surface area contributed by atoms with Crippen LogP contribution in [-0.2, 0) is 22.7 Å². The first-order valence-corrected chi connectivity index (χ1v) is 11.2. The van der Waals surface area contributed by atoms with Gasteiger partial charge in [-0.3, -0.25) is 4.79 Å². The molecule has 9 heteroatoms. The number of carbonyl (C=O) groups excluding carboxylic acids is 1. The molecule has 2 aromatic heterocycles. The zero-order chi connectivity index (χ0) is 23.3. The van der Waals surface area contributed by atoms with E-state index in [0.717, 1.165) is 16.9 Å². The lowest BCUT2D eigenvalue weighted by Crippen LogP contribution is -2.37. The first-order chi connectivity index (χ1) is 16.7. The Morgan fingerprint density at radius 2 is 1.91 bits per heavy atom. The normalized spacial score (nSPS) is 13.7. The predicted molar refractivity (Wildman–Crippen MR) is 129 cm³/mol. The van der Waals surface area contributed by atoms with Gasteiger partial charge in [-0.25, -0.2) is 9.97 Å². The minimum Gasteiger partial charge on any atom is -0.489 e. The maximum absolute atomic E-state index is 12.1. The highest BCUT2D eigenvalue weighted by Gasteiger charge is 2.21. The first kappa shape index (κ1) is 21.8. The van der Waals surface area contributed by atoms with Crippen molar-refractivity contribution in [2.24, 2.45) is 0 Å². The molecule has 4 aromatic rings. The molecule has 9 nitrogen and oxygen atoms in total. The van der Waals surface area contributed by atoms with Gasteiger partial charge in [-0.1, -0.05) is 42.5 Å². The number of ether oxygens (including phenoxy) is 2. The van der Waals surface area contributed by atoms with Crippen LogP contribution in [0, 0.1) is 0 Å². The van der Waals surface area contributed by atoms with Crippen molar-refractivity contribution in [3.63, 3.8) is 0 Å². The Morgan fingerprint density at radius 1 is 1.09 bits per heavy atom. The highest BCUT2D eigenvalue weighted by Crippen LogP contribution is 2.30. The summed E-state index contributed by atoms with van der Waals surface area (Å²) in [7, 11) is 1.61. The van der Waals surface area contributed by atoms with Gasteiger partial charge in [0.15, 0.2) is 5.65 Å². The molecule has 1 amide bonds. The van der Waals surface area contributed by atoms with E-state index in [4.69, 9.17) is 19.4 Å². The van der Waals surface area contributed by atoms with Gasteiger partial charge in [-0.2, -0.15) is 4.98 Å². The number of hydrogen-bond acceptors (Lipinski definition) is 7. The van der Waals surface area contributed by atoms with Crippen LogP contribution in [0.5, 0.6) is 5.75 Å². The van der Waals surface area contributed by atoms with E-state index in [1.807, 2.05) is 54.6 Å². The SMILES string of the molecule is CNC(=O)Cn1cnc2c(-c3cccc(OCc4ccccc4)c3)nc(N3CCOCC3)nc21. The summed E-state index contributed by atoms with van der Waals surface area (Å²) in [5.74, 6) is 1.22. The summed E-state index contributed by atoms with van der Waals surface area (Å²) in [5.41, 5.74) is 3.93. The van der Waals surface area contributed by atoms with Crippen molar-refractivity contribution < 1.29 is 14.3 Å². The quantitative estimate of drug-likeness (QED) is 0.455. The van der Waals surface area contributed by atoms with E-state index in [1.165, 1.54) is 0 Å². The van der Waals surface area contributed by atoms with E-state index in [-0.39, 0.29) is 12.5 Å². The Bertz CT molecular complexity index is 1280. The lowest BCUT2D eigenvalue weighted by atomic mass is 10.1. The topological polar surface area (TPSA) is 94.4 Å². The molecule has 0 atom stereocenters. The molecule has 0 saturated carbocycles. The van der Waals surface area contributed by atoms with Crippen molar-refractivity contribution in [1.29, 1.82) is 0 Å². The highest BCUT2D eigenvalue weighted by molar-refractivity contribution is 5.89. The van der Waals surface area contributed by atoms with Crippen LogP contribution in [0.3, 0.4) is 0 Å². The number of nitrogens with one attached hydrogen (secondary N) is 1.